The lowest BCUT2D eigenvalue weighted by Gasteiger charge is -2.00. The van der Waals surface area contributed by atoms with E-state index in [9.17, 15) is 4.79 Å². The molecule has 0 fully saturated rings. The van der Waals surface area contributed by atoms with Crippen LogP contribution in [-0.4, -0.2) is 12.0 Å². The Kier molecular flexibility index (Phi) is 5.38. The van der Waals surface area contributed by atoms with Gasteiger partial charge in [-0.15, -0.1) is 11.8 Å². The third-order valence-electron chi connectivity index (χ3n) is 2.01. The normalized spacial score (nSPS) is 10.1. The molecule has 0 saturated carbocycles. The zero-order chi connectivity index (χ0) is 10.2. The van der Waals surface area contributed by atoms with Gasteiger partial charge < -0.3 is 4.79 Å². The summed E-state index contributed by atoms with van der Waals surface area (Å²) in [7, 11) is 0. The number of benzene rings is 1. The number of unbranched alkanes of at least 4 members (excludes halogenated alkanes) is 2. The molecular formula is C12H16OS. The average Bonchev–Trinajstić information content (AvgIpc) is 2.21. The molecule has 0 aliphatic heterocycles. The van der Waals surface area contributed by atoms with Gasteiger partial charge >= 0.3 is 0 Å². The van der Waals surface area contributed by atoms with Crippen molar-refractivity contribution in [2.75, 3.05) is 5.75 Å². The minimum Gasteiger partial charge on any atom is -0.303 e. The summed E-state index contributed by atoms with van der Waals surface area (Å²) in [5, 5.41) is 0. The first-order valence-electron chi connectivity index (χ1n) is 4.96. The Bertz CT molecular complexity index is 266. The minimum atomic E-state index is 0.703. The summed E-state index contributed by atoms with van der Waals surface area (Å²) in [6.07, 6.45) is 3.84. The number of hydrogen-bond acceptors (Lipinski definition) is 2. The van der Waals surface area contributed by atoms with Crippen LogP contribution in [0.2, 0.25) is 0 Å². The van der Waals surface area contributed by atoms with Gasteiger partial charge in [0.2, 0.25) is 0 Å². The molecule has 76 valence electrons. The third-order valence-corrected chi connectivity index (χ3v) is 3.10. The fourth-order valence-electron chi connectivity index (χ4n) is 1.15. The quantitative estimate of drug-likeness (QED) is 0.404. The Labute approximate surface area is 89.9 Å². The first-order valence-corrected chi connectivity index (χ1v) is 5.94. The largest absolute Gasteiger partial charge is 0.303 e. The monoisotopic (exact) mass is 208 g/mol. The van der Waals surface area contributed by atoms with Gasteiger partial charge in [0.25, 0.3) is 0 Å². The van der Waals surface area contributed by atoms with E-state index >= 15 is 0 Å². The summed E-state index contributed by atoms with van der Waals surface area (Å²) < 4.78 is 0. The van der Waals surface area contributed by atoms with Crippen molar-refractivity contribution in [2.24, 2.45) is 0 Å². The molecule has 0 aliphatic rings. The van der Waals surface area contributed by atoms with Crippen LogP contribution in [0.15, 0.2) is 29.2 Å². The Hall–Kier alpha value is -0.760. The molecule has 1 rings (SSSR count). The van der Waals surface area contributed by atoms with Crippen LogP contribution in [0.25, 0.3) is 0 Å². The third kappa shape index (κ3) is 4.47. The van der Waals surface area contributed by atoms with E-state index in [1.54, 1.807) is 0 Å². The maximum Gasteiger partial charge on any atom is 0.119 e. The minimum absolute atomic E-state index is 0.703. The van der Waals surface area contributed by atoms with Crippen molar-refractivity contribution in [3.63, 3.8) is 0 Å². The summed E-state index contributed by atoms with van der Waals surface area (Å²) in [4.78, 5) is 11.4. The van der Waals surface area contributed by atoms with Crippen LogP contribution >= 0.6 is 11.8 Å². The summed E-state index contributed by atoms with van der Waals surface area (Å²) in [6.45, 7) is 2.10. The lowest BCUT2D eigenvalue weighted by Crippen LogP contribution is -1.82. The summed E-state index contributed by atoms with van der Waals surface area (Å²) in [5.74, 6) is 1.11. The smallest absolute Gasteiger partial charge is 0.119 e. The molecule has 0 heterocycles. The number of hydrogen-bond donors (Lipinski definition) is 0. The van der Waals surface area contributed by atoms with E-state index in [-0.39, 0.29) is 0 Å². The molecular weight excluding hydrogens is 192 g/mol. The number of aldehydes is 1. The number of carbonyl (C=O) groups excluding carboxylic acids is 1. The van der Waals surface area contributed by atoms with Crippen molar-refractivity contribution in [1.82, 2.24) is 0 Å². The molecule has 0 N–H and O–H groups in total. The molecule has 2 heteroatoms. The average molecular weight is 208 g/mol. The fraction of sp³-hybridized carbons (Fsp3) is 0.417. The van der Waals surface area contributed by atoms with E-state index in [1.807, 2.05) is 11.8 Å². The van der Waals surface area contributed by atoms with Gasteiger partial charge in [-0.05, 0) is 37.7 Å². The standard InChI is InChI=1S/C12H16OS/c1-11-5-7-12(8-6-11)14-10-4-2-3-9-13/h5-9H,2-4,10H2,1H3. The van der Waals surface area contributed by atoms with Gasteiger partial charge in [-0.2, -0.15) is 0 Å². The highest BCUT2D eigenvalue weighted by Gasteiger charge is 1.93. The van der Waals surface area contributed by atoms with Crippen molar-refractivity contribution in [1.29, 1.82) is 0 Å². The molecule has 0 aromatic heterocycles. The van der Waals surface area contributed by atoms with Crippen LogP contribution in [0, 0.1) is 6.92 Å². The van der Waals surface area contributed by atoms with Crippen LogP contribution in [0.5, 0.6) is 0 Å². The van der Waals surface area contributed by atoms with Gasteiger partial charge in [0.1, 0.15) is 6.29 Å². The van der Waals surface area contributed by atoms with Crippen molar-refractivity contribution in [3.05, 3.63) is 29.8 Å². The second kappa shape index (κ2) is 6.66. The number of aryl methyl sites for hydroxylation is 1. The van der Waals surface area contributed by atoms with Crippen molar-refractivity contribution in [3.8, 4) is 0 Å². The van der Waals surface area contributed by atoms with Crippen LogP contribution < -0.4 is 0 Å². The SMILES string of the molecule is Cc1ccc(SCCCCC=O)cc1. The van der Waals surface area contributed by atoms with Crippen LogP contribution in [0.1, 0.15) is 24.8 Å². The van der Waals surface area contributed by atoms with Gasteiger partial charge in [0.15, 0.2) is 0 Å². The predicted molar refractivity (Wildman–Crippen MR) is 61.8 cm³/mol. The Balaban J connectivity index is 2.18. The molecule has 0 radical (unpaired) electrons. The topological polar surface area (TPSA) is 17.1 Å². The molecule has 0 atom stereocenters. The Morgan fingerprint density at radius 1 is 1.21 bits per heavy atom. The Morgan fingerprint density at radius 3 is 2.57 bits per heavy atom. The number of carbonyl (C=O) groups is 1. The highest BCUT2D eigenvalue weighted by molar-refractivity contribution is 7.99. The van der Waals surface area contributed by atoms with E-state index in [0.717, 1.165) is 24.9 Å². The van der Waals surface area contributed by atoms with Crippen LogP contribution in [0.3, 0.4) is 0 Å². The van der Waals surface area contributed by atoms with Gasteiger partial charge in [-0.1, -0.05) is 17.7 Å². The van der Waals surface area contributed by atoms with E-state index in [1.165, 1.54) is 10.5 Å². The van der Waals surface area contributed by atoms with E-state index in [4.69, 9.17) is 0 Å². The molecule has 0 amide bonds. The molecule has 1 nitrogen and oxygen atoms in total. The zero-order valence-electron chi connectivity index (χ0n) is 8.53. The number of thioether (sulfide) groups is 1. The van der Waals surface area contributed by atoms with Crippen LogP contribution in [0.4, 0.5) is 0 Å². The highest BCUT2D eigenvalue weighted by Crippen LogP contribution is 2.19. The Morgan fingerprint density at radius 2 is 1.93 bits per heavy atom. The second-order valence-electron chi connectivity index (χ2n) is 3.32. The lowest BCUT2D eigenvalue weighted by atomic mass is 10.2. The molecule has 0 saturated heterocycles. The maximum atomic E-state index is 10.1. The van der Waals surface area contributed by atoms with E-state index in [0.29, 0.717) is 6.42 Å². The van der Waals surface area contributed by atoms with Gasteiger partial charge in [0.05, 0.1) is 0 Å². The molecule has 0 aliphatic carbocycles. The van der Waals surface area contributed by atoms with E-state index < -0.39 is 0 Å². The molecule has 0 bridgehead atoms. The first kappa shape index (κ1) is 11.3. The van der Waals surface area contributed by atoms with Crippen molar-refractivity contribution >= 4 is 18.0 Å². The van der Waals surface area contributed by atoms with Gasteiger partial charge in [-0.3, -0.25) is 0 Å². The van der Waals surface area contributed by atoms with Gasteiger partial charge in [-0.25, -0.2) is 0 Å². The van der Waals surface area contributed by atoms with Crippen molar-refractivity contribution < 1.29 is 4.79 Å². The second-order valence-corrected chi connectivity index (χ2v) is 4.49. The van der Waals surface area contributed by atoms with E-state index in [2.05, 4.69) is 31.2 Å². The fourth-order valence-corrected chi connectivity index (χ4v) is 2.07. The van der Waals surface area contributed by atoms with Crippen LogP contribution in [-0.2, 0) is 4.79 Å². The highest BCUT2D eigenvalue weighted by atomic mass is 32.2. The molecule has 1 aromatic rings. The summed E-state index contributed by atoms with van der Waals surface area (Å²) in [5.41, 5.74) is 1.30. The van der Waals surface area contributed by atoms with Gasteiger partial charge in [0, 0.05) is 11.3 Å². The summed E-state index contributed by atoms with van der Waals surface area (Å²) >= 11 is 1.86. The molecule has 1 aromatic carbocycles. The first-order chi connectivity index (χ1) is 6.83. The lowest BCUT2D eigenvalue weighted by molar-refractivity contribution is -0.107. The maximum absolute atomic E-state index is 10.1. The molecule has 14 heavy (non-hydrogen) atoms. The zero-order valence-corrected chi connectivity index (χ0v) is 9.35. The predicted octanol–water partition coefficient (Wildman–Crippen LogP) is 3.46. The number of rotatable bonds is 6. The summed E-state index contributed by atoms with van der Waals surface area (Å²) in [6, 6.07) is 8.57. The van der Waals surface area contributed by atoms with Crippen molar-refractivity contribution in [2.45, 2.75) is 31.1 Å². The molecule has 0 spiro atoms. The molecule has 0 unspecified atom stereocenters.